The van der Waals surface area contributed by atoms with E-state index in [1.54, 1.807) is 17.2 Å². The van der Waals surface area contributed by atoms with Crippen LogP contribution in [0.15, 0.2) is 12.7 Å². The molecule has 2 heterocycles. The maximum Gasteiger partial charge on any atom is 0.284 e. The van der Waals surface area contributed by atoms with Gasteiger partial charge in [-0.05, 0) is 6.26 Å². The van der Waals surface area contributed by atoms with Crippen LogP contribution < -0.4 is 5.32 Å². The Morgan fingerprint density at radius 2 is 2.27 bits per heavy atom. The van der Waals surface area contributed by atoms with Gasteiger partial charge >= 0.3 is 0 Å². The molecule has 2 rings (SSSR count). The molecule has 78 valence electrons. The molecule has 7 heteroatoms. The minimum Gasteiger partial charge on any atom is -0.318 e. The molecule has 0 spiro atoms. The highest BCUT2D eigenvalue weighted by molar-refractivity contribution is 8.13. The lowest BCUT2D eigenvalue weighted by Crippen LogP contribution is -2.06. The SMILES string of the molecule is CSC(=O)Nc1ncnc2c1ncn2C. The van der Waals surface area contributed by atoms with Crippen molar-refractivity contribution < 1.29 is 4.79 Å². The van der Waals surface area contributed by atoms with Crippen molar-refractivity contribution in [1.82, 2.24) is 19.5 Å². The summed E-state index contributed by atoms with van der Waals surface area (Å²) >= 11 is 1.09. The van der Waals surface area contributed by atoms with Gasteiger partial charge in [0.1, 0.15) is 6.33 Å². The smallest absolute Gasteiger partial charge is 0.284 e. The van der Waals surface area contributed by atoms with Crippen molar-refractivity contribution in [2.45, 2.75) is 0 Å². The molecule has 0 saturated carbocycles. The number of nitrogens with zero attached hydrogens (tertiary/aromatic N) is 4. The molecule has 0 aliphatic heterocycles. The minimum atomic E-state index is -0.166. The molecule has 0 fully saturated rings. The largest absolute Gasteiger partial charge is 0.318 e. The lowest BCUT2D eigenvalue weighted by molar-refractivity contribution is 0.270. The maximum atomic E-state index is 11.2. The second kappa shape index (κ2) is 3.85. The van der Waals surface area contributed by atoms with Crippen molar-refractivity contribution in [3.8, 4) is 0 Å². The van der Waals surface area contributed by atoms with E-state index in [4.69, 9.17) is 0 Å². The van der Waals surface area contributed by atoms with Crippen LogP contribution in [0.5, 0.6) is 0 Å². The number of amides is 1. The van der Waals surface area contributed by atoms with Crippen molar-refractivity contribution in [3.05, 3.63) is 12.7 Å². The molecule has 2 aromatic rings. The zero-order chi connectivity index (χ0) is 10.8. The second-order valence-corrected chi connectivity index (χ2v) is 3.65. The van der Waals surface area contributed by atoms with Crippen LogP contribution in [-0.4, -0.2) is 31.0 Å². The van der Waals surface area contributed by atoms with E-state index in [0.29, 0.717) is 17.0 Å². The van der Waals surface area contributed by atoms with Crippen LogP contribution in [0.4, 0.5) is 10.6 Å². The average Bonchev–Trinajstić information content (AvgIpc) is 2.62. The Morgan fingerprint density at radius 3 is 3.00 bits per heavy atom. The van der Waals surface area contributed by atoms with Gasteiger partial charge in [0.2, 0.25) is 0 Å². The van der Waals surface area contributed by atoms with E-state index in [0.717, 1.165) is 11.8 Å². The van der Waals surface area contributed by atoms with Gasteiger partial charge in [-0.15, -0.1) is 0 Å². The van der Waals surface area contributed by atoms with Gasteiger partial charge in [0.05, 0.1) is 6.33 Å². The van der Waals surface area contributed by atoms with Gasteiger partial charge in [0.25, 0.3) is 5.24 Å². The standard InChI is InChI=1S/C8H9N5OS/c1-13-4-11-5-6(12-8(14)15-2)9-3-10-7(5)13/h3-4H,1-2H3,(H,9,10,12,14). The highest BCUT2D eigenvalue weighted by atomic mass is 32.2. The molecule has 0 unspecified atom stereocenters. The summed E-state index contributed by atoms with van der Waals surface area (Å²) in [5.74, 6) is 0.444. The van der Waals surface area contributed by atoms with Gasteiger partial charge in [0, 0.05) is 7.05 Å². The number of hydrogen-bond acceptors (Lipinski definition) is 5. The molecule has 2 aromatic heterocycles. The number of anilines is 1. The number of hydrogen-bond donors (Lipinski definition) is 1. The van der Waals surface area contributed by atoms with E-state index >= 15 is 0 Å². The Morgan fingerprint density at radius 1 is 1.47 bits per heavy atom. The van der Waals surface area contributed by atoms with Crippen LogP contribution in [-0.2, 0) is 7.05 Å². The third-order valence-electron chi connectivity index (χ3n) is 1.90. The van der Waals surface area contributed by atoms with Crippen molar-refractivity contribution in [2.24, 2.45) is 7.05 Å². The Balaban J connectivity index is 2.47. The summed E-state index contributed by atoms with van der Waals surface area (Å²) in [6.07, 6.45) is 4.74. The van der Waals surface area contributed by atoms with Gasteiger partial charge in [-0.2, -0.15) is 0 Å². The quantitative estimate of drug-likeness (QED) is 0.787. The predicted molar refractivity (Wildman–Crippen MR) is 58.8 cm³/mol. The number of carbonyl (C=O) groups is 1. The Kier molecular flexibility index (Phi) is 2.55. The molecule has 0 aromatic carbocycles. The number of nitrogens with one attached hydrogen (secondary N) is 1. The monoisotopic (exact) mass is 223 g/mol. The van der Waals surface area contributed by atoms with Crippen LogP contribution in [0, 0.1) is 0 Å². The number of aromatic nitrogens is 4. The summed E-state index contributed by atoms with van der Waals surface area (Å²) in [5.41, 5.74) is 1.30. The maximum absolute atomic E-state index is 11.2. The topological polar surface area (TPSA) is 72.7 Å². The molecule has 1 N–H and O–H groups in total. The fraction of sp³-hybridized carbons (Fsp3) is 0.250. The second-order valence-electron chi connectivity index (χ2n) is 2.87. The number of carbonyl (C=O) groups excluding carboxylic acids is 1. The number of rotatable bonds is 1. The molecule has 0 bridgehead atoms. The minimum absolute atomic E-state index is 0.166. The molecular weight excluding hydrogens is 214 g/mol. The molecular formula is C8H9N5OS. The summed E-state index contributed by atoms with van der Waals surface area (Å²) in [6, 6.07) is 0. The number of imidazole rings is 1. The van der Waals surface area contributed by atoms with E-state index in [9.17, 15) is 4.79 Å². The Hall–Kier alpha value is -1.63. The van der Waals surface area contributed by atoms with Crippen LogP contribution in [0.2, 0.25) is 0 Å². The van der Waals surface area contributed by atoms with Crippen LogP contribution in [0.1, 0.15) is 0 Å². The molecule has 6 nitrogen and oxygen atoms in total. The molecule has 0 aliphatic rings. The first-order valence-corrected chi connectivity index (χ1v) is 5.42. The van der Waals surface area contributed by atoms with Crippen LogP contribution in [0.25, 0.3) is 11.2 Å². The number of fused-ring (bicyclic) bond motifs is 1. The van der Waals surface area contributed by atoms with Gasteiger partial charge in [-0.3, -0.25) is 10.1 Å². The lowest BCUT2D eigenvalue weighted by atomic mass is 10.5. The Bertz CT molecular complexity index is 509. The predicted octanol–water partition coefficient (Wildman–Crippen LogP) is 1.26. The van der Waals surface area contributed by atoms with Gasteiger partial charge in [-0.25, -0.2) is 15.0 Å². The van der Waals surface area contributed by atoms with E-state index in [1.807, 2.05) is 7.05 Å². The van der Waals surface area contributed by atoms with E-state index in [2.05, 4.69) is 20.3 Å². The zero-order valence-corrected chi connectivity index (χ0v) is 9.08. The van der Waals surface area contributed by atoms with Crippen LogP contribution >= 0.6 is 11.8 Å². The van der Waals surface area contributed by atoms with Crippen molar-refractivity contribution >= 4 is 34.0 Å². The first-order valence-electron chi connectivity index (χ1n) is 4.19. The summed E-state index contributed by atoms with van der Waals surface area (Å²) in [7, 11) is 1.84. The first kappa shape index (κ1) is 9.91. The Labute approximate surface area is 90.1 Å². The van der Waals surface area contributed by atoms with Gasteiger partial charge in [0.15, 0.2) is 17.0 Å². The summed E-state index contributed by atoms with van der Waals surface area (Å²) in [5, 5.41) is 2.48. The first-order chi connectivity index (χ1) is 7.22. The molecule has 0 atom stereocenters. The number of aryl methyl sites for hydroxylation is 1. The molecule has 0 saturated heterocycles. The number of thioether (sulfide) groups is 1. The third-order valence-corrected chi connectivity index (χ3v) is 2.38. The normalized spacial score (nSPS) is 10.5. The third kappa shape index (κ3) is 1.78. The van der Waals surface area contributed by atoms with Crippen LogP contribution in [0.3, 0.4) is 0 Å². The summed E-state index contributed by atoms with van der Waals surface area (Å²) in [4.78, 5) is 23.3. The highest BCUT2D eigenvalue weighted by Crippen LogP contribution is 2.17. The summed E-state index contributed by atoms with van der Waals surface area (Å²) in [6.45, 7) is 0. The van der Waals surface area contributed by atoms with Gasteiger partial charge in [-0.1, -0.05) is 11.8 Å². The van der Waals surface area contributed by atoms with E-state index in [-0.39, 0.29) is 5.24 Å². The molecule has 15 heavy (non-hydrogen) atoms. The molecule has 1 amide bonds. The zero-order valence-electron chi connectivity index (χ0n) is 8.26. The highest BCUT2D eigenvalue weighted by Gasteiger charge is 2.09. The average molecular weight is 223 g/mol. The van der Waals surface area contributed by atoms with E-state index < -0.39 is 0 Å². The fourth-order valence-electron chi connectivity index (χ4n) is 1.18. The fourth-order valence-corrected chi connectivity index (χ4v) is 1.38. The van der Waals surface area contributed by atoms with E-state index in [1.165, 1.54) is 6.33 Å². The molecule has 0 radical (unpaired) electrons. The summed E-state index contributed by atoms with van der Waals surface area (Å²) < 4.78 is 1.77. The molecule has 0 aliphatic carbocycles. The van der Waals surface area contributed by atoms with Crippen molar-refractivity contribution in [2.75, 3.05) is 11.6 Å². The van der Waals surface area contributed by atoms with Crippen molar-refractivity contribution in [3.63, 3.8) is 0 Å². The van der Waals surface area contributed by atoms with Gasteiger partial charge < -0.3 is 4.57 Å². The lowest BCUT2D eigenvalue weighted by Gasteiger charge is -2.01. The van der Waals surface area contributed by atoms with Crippen molar-refractivity contribution in [1.29, 1.82) is 0 Å².